The molecule has 1 atom stereocenters. The molecular weight excluding hydrogens is 302 g/mol. The van der Waals surface area contributed by atoms with E-state index in [4.69, 9.17) is 0 Å². The van der Waals surface area contributed by atoms with Crippen LogP contribution < -0.4 is 5.32 Å². The van der Waals surface area contributed by atoms with E-state index in [-0.39, 0.29) is 18.4 Å². The molecule has 2 rings (SSSR count). The standard InChI is InChI=1S/C19H31N3O2/c1-15(2)19(3,24)14-20-18(23)17-7-5-6-16(12-17)13-22-10-8-21(4)9-11-22/h5-7,12,15,24H,8-11,13-14H2,1-4H3,(H,20,23)/t19-/m1/s1. The Balaban J connectivity index is 1.93. The van der Waals surface area contributed by atoms with Gasteiger partial charge in [-0.1, -0.05) is 26.0 Å². The fraction of sp³-hybridized carbons (Fsp3) is 0.632. The number of carbonyl (C=O) groups excluding carboxylic acids is 1. The molecule has 0 unspecified atom stereocenters. The van der Waals surface area contributed by atoms with Crippen LogP contribution in [0.5, 0.6) is 0 Å². The second-order valence-corrected chi connectivity index (χ2v) is 7.47. The molecule has 0 bridgehead atoms. The van der Waals surface area contributed by atoms with Crippen molar-refractivity contribution >= 4 is 5.91 Å². The first-order chi connectivity index (χ1) is 11.3. The van der Waals surface area contributed by atoms with E-state index in [1.165, 1.54) is 0 Å². The SMILES string of the molecule is CC(C)[C@](C)(O)CNC(=O)c1cccc(CN2CCN(C)CC2)c1. The van der Waals surface area contributed by atoms with Crippen LogP contribution in [0.15, 0.2) is 24.3 Å². The third-order valence-electron chi connectivity index (χ3n) is 5.04. The minimum Gasteiger partial charge on any atom is -0.388 e. The highest BCUT2D eigenvalue weighted by molar-refractivity contribution is 5.94. The van der Waals surface area contributed by atoms with Crippen molar-refractivity contribution in [3.8, 4) is 0 Å². The van der Waals surface area contributed by atoms with Gasteiger partial charge in [0, 0.05) is 44.8 Å². The Hall–Kier alpha value is -1.43. The second kappa shape index (κ2) is 8.10. The molecule has 0 radical (unpaired) electrons. The molecule has 1 aliphatic rings. The minimum atomic E-state index is -0.896. The van der Waals surface area contributed by atoms with E-state index in [0.717, 1.165) is 38.3 Å². The first-order valence-electron chi connectivity index (χ1n) is 8.78. The van der Waals surface area contributed by atoms with Crippen LogP contribution in [0.3, 0.4) is 0 Å². The average molecular weight is 333 g/mol. The number of nitrogens with zero attached hydrogens (tertiary/aromatic N) is 2. The molecule has 5 heteroatoms. The maximum atomic E-state index is 12.4. The Morgan fingerprint density at radius 2 is 1.96 bits per heavy atom. The normalized spacial score (nSPS) is 19.2. The van der Waals surface area contributed by atoms with Crippen LogP contribution in [0.4, 0.5) is 0 Å². The zero-order valence-electron chi connectivity index (χ0n) is 15.4. The van der Waals surface area contributed by atoms with Gasteiger partial charge in [0.15, 0.2) is 0 Å². The molecule has 1 heterocycles. The van der Waals surface area contributed by atoms with Crippen molar-refractivity contribution in [3.63, 3.8) is 0 Å². The molecule has 5 nitrogen and oxygen atoms in total. The van der Waals surface area contributed by atoms with Gasteiger partial charge in [0.1, 0.15) is 0 Å². The van der Waals surface area contributed by atoms with E-state index in [1.807, 2.05) is 32.0 Å². The van der Waals surface area contributed by atoms with E-state index >= 15 is 0 Å². The number of carbonyl (C=O) groups is 1. The van der Waals surface area contributed by atoms with E-state index in [0.29, 0.717) is 5.56 Å². The quantitative estimate of drug-likeness (QED) is 0.830. The Morgan fingerprint density at radius 3 is 2.58 bits per heavy atom. The number of piperazine rings is 1. The minimum absolute atomic E-state index is 0.0846. The predicted molar refractivity (Wildman–Crippen MR) is 97.0 cm³/mol. The summed E-state index contributed by atoms with van der Waals surface area (Å²) in [6.07, 6.45) is 0. The van der Waals surface area contributed by atoms with Gasteiger partial charge in [-0.2, -0.15) is 0 Å². The Labute approximate surface area is 145 Å². The van der Waals surface area contributed by atoms with Gasteiger partial charge >= 0.3 is 0 Å². The van der Waals surface area contributed by atoms with Gasteiger partial charge in [0.25, 0.3) is 5.91 Å². The van der Waals surface area contributed by atoms with Crippen molar-refractivity contribution in [1.29, 1.82) is 0 Å². The van der Waals surface area contributed by atoms with Crippen LogP contribution in [-0.2, 0) is 6.54 Å². The molecule has 24 heavy (non-hydrogen) atoms. The number of nitrogens with one attached hydrogen (secondary N) is 1. The maximum Gasteiger partial charge on any atom is 0.251 e. The monoisotopic (exact) mass is 333 g/mol. The topological polar surface area (TPSA) is 55.8 Å². The van der Waals surface area contributed by atoms with Crippen LogP contribution in [0.2, 0.25) is 0 Å². The molecule has 0 aliphatic carbocycles. The molecule has 2 N–H and O–H groups in total. The number of aliphatic hydroxyl groups is 1. The summed E-state index contributed by atoms with van der Waals surface area (Å²) in [5, 5.41) is 13.1. The molecule has 134 valence electrons. The zero-order chi connectivity index (χ0) is 17.7. The van der Waals surface area contributed by atoms with Crippen LogP contribution in [-0.4, -0.2) is 66.2 Å². The van der Waals surface area contributed by atoms with E-state index in [1.54, 1.807) is 6.92 Å². The number of hydrogen-bond donors (Lipinski definition) is 2. The van der Waals surface area contributed by atoms with Crippen molar-refractivity contribution in [2.45, 2.75) is 32.9 Å². The molecular formula is C19H31N3O2. The Morgan fingerprint density at radius 1 is 1.29 bits per heavy atom. The summed E-state index contributed by atoms with van der Waals surface area (Å²) in [5.41, 5.74) is 0.914. The number of amides is 1. The molecule has 1 aliphatic heterocycles. The third-order valence-corrected chi connectivity index (χ3v) is 5.04. The van der Waals surface area contributed by atoms with Gasteiger partial charge < -0.3 is 15.3 Å². The number of benzene rings is 1. The molecule has 1 saturated heterocycles. The van der Waals surface area contributed by atoms with Crippen LogP contribution >= 0.6 is 0 Å². The number of hydrogen-bond acceptors (Lipinski definition) is 4. The lowest BCUT2D eigenvalue weighted by molar-refractivity contribution is 0.0142. The molecule has 1 fully saturated rings. The third kappa shape index (κ3) is 5.30. The van der Waals surface area contributed by atoms with Gasteiger partial charge in [-0.25, -0.2) is 0 Å². The van der Waals surface area contributed by atoms with Crippen molar-refractivity contribution in [2.75, 3.05) is 39.8 Å². The molecule has 1 aromatic carbocycles. The summed E-state index contributed by atoms with van der Waals surface area (Å²) in [4.78, 5) is 17.1. The molecule has 1 aromatic rings. The highest BCUT2D eigenvalue weighted by Gasteiger charge is 2.25. The highest BCUT2D eigenvalue weighted by atomic mass is 16.3. The maximum absolute atomic E-state index is 12.4. The largest absolute Gasteiger partial charge is 0.388 e. The van der Waals surface area contributed by atoms with Gasteiger partial charge in [-0.3, -0.25) is 9.69 Å². The predicted octanol–water partition coefficient (Wildman–Crippen LogP) is 1.57. The summed E-state index contributed by atoms with van der Waals surface area (Å²) in [5.74, 6) is -0.0440. The van der Waals surface area contributed by atoms with Crippen molar-refractivity contribution in [2.24, 2.45) is 5.92 Å². The van der Waals surface area contributed by atoms with Crippen molar-refractivity contribution in [1.82, 2.24) is 15.1 Å². The summed E-state index contributed by atoms with van der Waals surface area (Å²) in [6, 6.07) is 7.78. The van der Waals surface area contributed by atoms with E-state index in [9.17, 15) is 9.90 Å². The second-order valence-electron chi connectivity index (χ2n) is 7.47. The molecule has 0 aromatic heterocycles. The van der Waals surface area contributed by atoms with Crippen LogP contribution in [0.1, 0.15) is 36.7 Å². The fourth-order valence-electron chi connectivity index (χ4n) is 2.64. The summed E-state index contributed by atoms with van der Waals surface area (Å²) in [7, 11) is 2.15. The first-order valence-corrected chi connectivity index (χ1v) is 8.78. The van der Waals surface area contributed by atoms with E-state index in [2.05, 4.69) is 28.2 Å². The zero-order valence-corrected chi connectivity index (χ0v) is 15.4. The van der Waals surface area contributed by atoms with Crippen LogP contribution in [0, 0.1) is 5.92 Å². The summed E-state index contributed by atoms with van der Waals surface area (Å²) >= 11 is 0. The first kappa shape index (κ1) is 18.9. The van der Waals surface area contributed by atoms with Gasteiger partial charge in [-0.15, -0.1) is 0 Å². The smallest absolute Gasteiger partial charge is 0.251 e. The lowest BCUT2D eigenvalue weighted by Gasteiger charge is -2.32. The lowest BCUT2D eigenvalue weighted by Crippen LogP contribution is -2.44. The van der Waals surface area contributed by atoms with Gasteiger partial charge in [0.2, 0.25) is 0 Å². The average Bonchev–Trinajstić information content (AvgIpc) is 2.55. The summed E-state index contributed by atoms with van der Waals surface area (Å²) in [6.45, 7) is 11.1. The Bertz CT molecular complexity index is 549. The molecule has 0 saturated carbocycles. The van der Waals surface area contributed by atoms with Crippen LogP contribution in [0.25, 0.3) is 0 Å². The van der Waals surface area contributed by atoms with Gasteiger partial charge in [0.05, 0.1) is 5.60 Å². The lowest BCUT2D eigenvalue weighted by atomic mass is 9.92. The Kier molecular flexibility index (Phi) is 6.38. The van der Waals surface area contributed by atoms with Crippen molar-refractivity contribution in [3.05, 3.63) is 35.4 Å². The molecule has 0 spiro atoms. The highest BCUT2D eigenvalue weighted by Crippen LogP contribution is 2.15. The van der Waals surface area contributed by atoms with Gasteiger partial charge in [-0.05, 0) is 37.6 Å². The fourth-order valence-corrected chi connectivity index (χ4v) is 2.64. The number of likely N-dealkylation sites (N-methyl/N-ethyl adjacent to an activating group) is 1. The van der Waals surface area contributed by atoms with Crippen molar-refractivity contribution < 1.29 is 9.90 Å². The molecule has 1 amide bonds. The number of rotatable bonds is 6. The summed E-state index contributed by atoms with van der Waals surface area (Å²) < 4.78 is 0. The van der Waals surface area contributed by atoms with E-state index < -0.39 is 5.60 Å².